The highest BCUT2D eigenvalue weighted by atomic mass is 16.5. The standard InChI is InChI=1S/C23H31N3O3/c1-17-6-7-18(2)21(12-17)28-14-19-13-20(24-29-19)22(27)26-11-5-9-23(16-26)8-4-10-25(3)15-23/h6-7,12-13H,4-5,8-11,14-16H2,1-3H3/t23-/m1/s1. The van der Waals surface area contributed by atoms with E-state index >= 15 is 0 Å². The zero-order valence-corrected chi connectivity index (χ0v) is 17.7. The normalized spacial score (nSPS) is 22.8. The summed E-state index contributed by atoms with van der Waals surface area (Å²) in [5.74, 6) is 1.37. The van der Waals surface area contributed by atoms with Crippen LogP contribution in [0.5, 0.6) is 5.75 Å². The molecule has 1 amide bonds. The van der Waals surface area contributed by atoms with Gasteiger partial charge in [-0.3, -0.25) is 4.79 Å². The lowest BCUT2D eigenvalue weighted by Gasteiger charge is -2.47. The van der Waals surface area contributed by atoms with Crippen LogP contribution in [0, 0.1) is 19.3 Å². The van der Waals surface area contributed by atoms with E-state index < -0.39 is 0 Å². The third kappa shape index (κ3) is 4.47. The van der Waals surface area contributed by atoms with Crippen molar-refractivity contribution in [3.63, 3.8) is 0 Å². The van der Waals surface area contributed by atoms with Gasteiger partial charge in [0.25, 0.3) is 5.91 Å². The molecule has 0 aliphatic carbocycles. The van der Waals surface area contributed by atoms with Crippen LogP contribution >= 0.6 is 0 Å². The molecule has 1 atom stereocenters. The van der Waals surface area contributed by atoms with E-state index in [0.29, 0.717) is 11.5 Å². The second kappa shape index (κ2) is 8.19. The number of carbonyl (C=O) groups excluding carboxylic acids is 1. The first-order valence-electron chi connectivity index (χ1n) is 10.6. The highest BCUT2D eigenvalue weighted by Gasteiger charge is 2.40. The number of aromatic nitrogens is 1. The van der Waals surface area contributed by atoms with Crippen molar-refractivity contribution in [3.05, 3.63) is 46.8 Å². The quantitative estimate of drug-likeness (QED) is 0.785. The van der Waals surface area contributed by atoms with Gasteiger partial charge in [0.15, 0.2) is 11.5 Å². The summed E-state index contributed by atoms with van der Waals surface area (Å²) in [6.45, 7) is 8.15. The van der Waals surface area contributed by atoms with Gasteiger partial charge in [-0.25, -0.2) is 0 Å². The van der Waals surface area contributed by atoms with E-state index in [-0.39, 0.29) is 17.9 Å². The number of hydrogen-bond donors (Lipinski definition) is 0. The molecule has 2 aromatic rings. The summed E-state index contributed by atoms with van der Waals surface area (Å²) in [6.07, 6.45) is 4.67. The smallest absolute Gasteiger partial charge is 0.276 e. The maximum Gasteiger partial charge on any atom is 0.276 e. The monoisotopic (exact) mass is 397 g/mol. The second-order valence-corrected chi connectivity index (χ2v) is 8.91. The Morgan fingerprint density at radius 3 is 2.76 bits per heavy atom. The Kier molecular flexibility index (Phi) is 5.63. The molecule has 1 spiro atoms. The van der Waals surface area contributed by atoms with Crippen LogP contribution in [0.2, 0.25) is 0 Å². The molecule has 156 valence electrons. The van der Waals surface area contributed by atoms with E-state index in [2.05, 4.69) is 23.2 Å². The molecule has 0 saturated carbocycles. The van der Waals surface area contributed by atoms with Gasteiger partial charge < -0.3 is 19.1 Å². The Balaban J connectivity index is 1.39. The van der Waals surface area contributed by atoms with E-state index in [0.717, 1.165) is 49.5 Å². The number of ether oxygens (including phenoxy) is 1. The summed E-state index contributed by atoms with van der Waals surface area (Å²) in [5, 5.41) is 4.04. The van der Waals surface area contributed by atoms with Crippen LogP contribution in [0.3, 0.4) is 0 Å². The molecule has 0 N–H and O–H groups in total. The Labute approximate surface area is 172 Å². The first-order chi connectivity index (χ1) is 13.9. The van der Waals surface area contributed by atoms with Crippen LogP contribution < -0.4 is 4.74 Å². The molecule has 3 heterocycles. The maximum atomic E-state index is 13.0. The zero-order valence-electron chi connectivity index (χ0n) is 17.7. The first kappa shape index (κ1) is 20.0. The van der Waals surface area contributed by atoms with Crippen molar-refractivity contribution in [2.24, 2.45) is 5.41 Å². The van der Waals surface area contributed by atoms with E-state index in [9.17, 15) is 4.79 Å². The van der Waals surface area contributed by atoms with Crippen LogP contribution in [0.4, 0.5) is 0 Å². The molecule has 2 aliphatic rings. The molecule has 6 nitrogen and oxygen atoms in total. The lowest BCUT2D eigenvalue weighted by atomic mass is 9.74. The van der Waals surface area contributed by atoms with Crippen molar-refractivity contribution < 1.29 is 14.1 Å². The van der Waals surface area contributed by atoms with Crippen LogP contribution in [0.1, 0.15) is 53.1 Å². The van der Waals surface area contributed by atoms with Crippen LogP contribution in [-0.2, 0) is 6.61 Å². The van der Waals surface area contributed by atoms with Gasteiger partial charge in [-0.05, 0) is 70.3 Å². The Bertz CT molecular complexity index is 874. The topological polar surface area (TPSA) is 58.8 Å². The molecule has 1 aromatic carbocycles. The number of amides is 1. The number of aryl methyl sites for hydroxylation is 2. The van der Waals surface area contributed by atoms with Crippen molar-refractivity contribution >= 4 is 5.91 Å². The molecule has 4 rings (SSSR count). The summed E-state index contributed by atoms with van der Waals surface area (Å²) >= 11 is 0. The van der Waals surface area contributed by atoms with Crippen molar-refractivity contribution in [3.8, 4) is 5.75 Å². The van der Waals surface area contributed by atoms with E-state index in [4.69, 9.17) is 9.26 Å². The number of hydrogen-bond acceptors (Lipinski definition) is 5. The predicted octanol–water partition coefficient (Wildman–Crippen LogP) is 3.82. The Morgan fingerprint density at radius 1 is 1.17 bits per heavy atom. The highest BCUT2D eigenvalue weighted by Crippen LogP contribution is 2.38. The maximum absolute atomic E-state index is 13.0. The van der Waals surface area contributed by atoms with Gasteiger partial charge in [0.2, 0.25) is 0 Å². The van der Waals surface area contributed by atoms with Gasteiger partial charge in [0.05, 0.1) is 0 Å². The minimum Gasteiger partial charge on any atom is -0.485 e. The van der Waals surface area contributed by atoms with Gasteiger partial charge in [-0.2, -0.15) is 0 Å². The minimum absolute atomic E-state index is 0.0287. The lowest BCUT2D eigenvalue weighted by Crippen LogP contribution is -2.52. The average Bonchev–Trinajstić information content (AvgIpc) is 3.17. The summed E-state index contributed by atoms with van der Waals surface area (Å²) in [4.78, 5) is 17.4. The number of carbonyl (C=O) groups is 1. The molecule has 1 aromatic heterocycles. The summed E-state index contributed by atoms with van der Waals surface area (Å²) in [5.41, 5.74) is 2.83. The predicted molar refractivity (Wildman–Crippen MR) is 111 cm³/mol. The fourth-order valence-corrected chi connectivity index (χ4v) is 4.82. The molecule has 0 radical (unpaired) electrons. The molecule has 2 saturated heterocycles. The molecule has 29 heavy (non-hydrogen) atoms. The molecule has 2 fully saturated rings. The van der Waals surface area contributed by atoms with E-state index in [1.54, 1.807) is 6.07 Å². The third-order valence-electron chi connectivity index (χ3n) is 6.29. The van der Waals surface area contributed by atoms with E-state index in [1.807, 2.05) is 30.9 Å². The zero-order chi connectivity index (χ0) is 20.4. The van der Waals surface area contributed by atoms with Gasteiger partial charge in [-0.15, -0.1) is 0 Å². The van der Waals surface area contributed by atoms with Gasteiger partial charge >= 0.3 is 0 Å². The summed E-state index contributed by atoms with van der Waals surface area (Å²) in [7, 11) is 2.18. The molecule has 2 aliphatic heterocycles. The Hall–Kier alpha value is -2.34. The van der Waals surface area contributed by atoms with Crippen LogP contribution in [-0.4, -0.2) is 54.1 Å². The lowest BCUT2D eigenvalue weighted by molar-refractivity contribution is 0.0201. The summed E-state index contributed by atoms with van der Waals surface area (Å²) < 4.78 is 11.3. The fourth-order valence-electron chi connectivity index (χ4n) is 4.82. The molecule has 0 bridgehead atoms. The average molecular weight is 398 g/mol. The number of nitrogens with zero attached hydrogens (tertiary/aromatic N) is 3. The molecular formula is C23H31N3O3. The van der Waals surface area contributed by atoms with Gasteiger partial charge in [0.1, 0.15) is 12.4 Å². The first-order valence-corrected chi connectivity index (χ1v) is 10.6. The number of piperidine rings is 2. The van der Waals surface area contributed by atoms with E-state index in [1.165, 1.54) is 19.3 Å². The van der Waals surface area contributed by atoms with Crippen molar-refractivity contribution in [1.29, 1.82) is 0 Å². The number of benzene rings is 1. The van der Waals surface area contributed by atoms with Crippen LogP contribution in [0.25, 0.3) is 0 Å². The van der Waals surface area contributed by atoms with Crippen molar-refractivity contribution in [1.82, 2.24) is 15.0 Å². The van der Waals surface area contributed by atoms with Crippen molar-refractivity contribution in [2.45, 2.75) is 46.1 Å². The van der Waals surface area contributed by atoms with Crippen molar-refractivity contribution in [2.75, 3.05) is 33.2 Å². The SMILES string of the molecule is Cc1ccc(C)c(OCc2cc(C(=O)N3CCC[C@@]4(CCCN(C)C4)C3)no2)c1. The molecular weight excluding hydrogens is 366 g/mol. The van der Waals surface area contributed by atoms with Crippen LogP contribution in [0.15, 0.2) is 28.8 Å². The molecule has 6 heteroatoms. The van der Waals surface area contributed by atoms with Gasteiger partial charge in [-0.1, -0.05) is 17.3 Å². The molecule has 0 unspecified atom stereocenters. The van der Waals surface area contributed by atoms with Gasteiger partial charge in [0, 0.05) is 31.1 Å². The third-order valence-corrected chi connectivity index (χ3v) is 6.29. The minimum atomic E-state index is -0.0287. The Morgan fingerprint density at radius 2 is 1.97 bits per heavy atom. The fraction of sp³-hybridized carbons (Fsp3) is 0.565. The highest BCUT2D eigenvalue weighted by molar-refractivity contribution is 5.92. The number of likely N-dealkylation sites (tertiary alicyclic amines) is 2. The second-order valence-electron chi connectivity index (χ2n) is 8.91. The largest absolute Gasteiger partial charge is 0.485 e. The summed E-state index contributed by atoms with van der Waals surface area (Å²) in [6, 6.07) is 7.83. The number of rotatable bonds is 4.